The van der Waals surface area contributed by atoms with Crippen LogP contribution in [0.2, 0.25) is 0 Å². The Morgan fingerprint density at radius 1 is 1.20 bits per heavy atom. The van der Waals surface area contributed by atoms with Gasteiger partial charge in [0.15, 0.2) is 0 Å². The minimum atomic E-state index is -3.15. The largest absolute Gasteiger partial charge is 0.363 e. The van der Waals surface area contributed by atoms with E-state index < -0.39 is 15.9 Å². The number of nitrogens with zero attached hydrogens (tertiary/aromatic N) is 2. The molecule has 0 aromatic carbocycles. The molecule has 0 saturated carbocycles. The number of fused-ring (bicyclic) bond motifs is 1. The van der Waals surface area contributed by atoms with Crippen LogP contribution >= 0.6 is 0 Å². The first-order valence-electron chi connectivity index (χ1n) is 8.89. The summed E-state index contributed by atoms with van der Waals surface area (Å²) in [6.45, 7) is 2.18. The summed E-state index contributed by atoms with van der Waals surface area (Å²) >= 11 is 0. The number of hydrogen-bond acceptors (Lipinski definition) is 6. The number of rotatable bonds is 4. The maximum atomic E-state index is 12.5. The molecule has 0 radical (unpaired) electrons. The summed E-state index contributed by atoms with van der Waals surface area (Å²) in [5.74, 6) is -0.159. The molecule has 0 N–H and O–H groups in total. The first kappa shape index (κ1) is 18.6. The van der Waals surface area contributed by atoms with Crippen LogP contribution < -0.4 is 0 Å². The van der Waals surface area contributed by atoms with Gasteiger partial charge in [0.2, 0.25) is 5.91 Å². The summed E-state index contributed by atoms with van der Waals surface area (Å²) in [6.07, 6.45) is 3.81. The fourth-order valence-electron chi connectivity index (χ4n) is 3.68. The molecule has 2 amide bonds. The van der Waals surface area contributed by atoms with Gasteiger partial charge in [0.1, 0.15) is 15.9 Å². The van der Waals surface area contributed by atoms with Crippen molar-refractivity contribution in [2.45, 2.75) is 44.3 Å². The standard InChI is InChI=1S/C16H26N2O6S/c1-25(21,22)9-5-15(19)17-7-4-12-10-13(24-14(12)11-17)16(20)18-6-2-3-8-23-18/h12-14H,2-11H2,1H3/t12-,13-,14+/m0/s1. The smallest absolute Gasteiger partial charge is 0.275 e. The second-order valence-electron chi connectivity index (χ2n) is 7.15. The number of likely N-dealkylation sites (tertiary alicyclic amines) is 1. The third-order valence-corrected chi connectivity index (χ3v) is 6.06. The summed E-state index contributed by atoms with van der Waals surface area (Å²) in [4.78, 5) is 31.8. The van der Waals surface area contributed by atoms with Crippen molar-refractivity contribution in [3.63, 3.8) is 0 Å². The minimum absolute atomic E-state index is 0.000195. The number of carbonyl (C=O) groups excluding carboxylic acids is 2. The van der Waals surface area contributed by atoms with Gasteiger partial charge in [-0.25, -0.2) is 13.5 Å². The summed E-state index contributed by atoms with van der Waals surface area (Å²) < 4.78 is 28.4. The molecule has 0 spiro atoms. The quantitative estimate of drug-likeness (QED) is 0.687. The third-order valence-electron chi connectivity index (χ3n) is 5.12. The fourth-order valence-corrected chi connectivity index (χ4v) is 4.22. The normalized spacial score (nSPS) is 30.2. The van der Waals surface area contributed by atoms with Crippen LogP contribution in [0.3, 0.4) is 0 Å². The van der Waals surface area contributed by atoms with Gasteiger partial charge in [0.25, 0.3) is 5.91 Å². The van der Waals surface area contributed by atoms with E-state index in [1.807, 2.05) is 0 Å². The average molecular weight is 374 g/mol. The number of piperidine rings is 1. The molecule has 3 rings (SSSR count). The van der Waals surface area contributed by atoms with Crippen LogP contribution in [-0.4, -0.2) is 80.7 Å². The van der Waals surface area contributed by atoms with E-state index in [2.05, 4.69) is 0 Å². The Kier molecular flexibility index (Phi) is 5.65. The molecule has 3 atom stereocenters. The van der Waals surface area contributed by atoms with E-state index >= 15 is 0 Å². The van der Waals surface area contributed by atoms with Crippen LogP contribution in [0.5, 0.6) is 0 Å². The first-order valence-corrected chi connectivity index (χ1v) is 10.9. The lowest BCUT2D eigenvalue weighted by Gasteiger charge is -2.34. The van der Waals surface area contributed by atoms with E-state index in [1.54, 1.807) is 4.90 Å². The lowest BCUT2D eigenvalue weighted by molar-refractivity contribution is -0.206. The molecule has 3 saturated heterocycles. The van der Waals surface area contributed by atoms with E-state index in [4.69, 9.17) is 9.57 Å². The van der Waals surface area contributed by atoms with E-state index in [-0.39, 0.29) is 36.0 Å². The van der Waals surface area contributed by atoms with Crippen LogP contribution in [0.4, 0.5) is 0 Å². The molecule has 0 aliphatic carbocycles. The number of hydrogen-bond donors (Lipinski definition) is 0. The summed E-state index contributed by atoms with van der Waals surface area (Å²) in [5.41, 5.74) is 0. The molecule has 9 heteroatoms. The predicted molar refractivity (Wildman–Crippen MR) is 89.2 cm³/mol. The van der Waals surface area contributed by atoms with Crippen molar-refractivity contribution in [1.82, 2.24) is 9.96 Å². The SMILES string of the molecule is CS(=O)(=O)CCC(=O)N1CC[C@H]2C[C@@H](C(=O)N3CCCCO3)O[C@@H]2C1. The highest BCUT2D eigenvalue weighted by molar-refractivity contribution is 7.90. The van der Waals surface area contributed by atoms with Crippen LogP contribution in [0, 0.1) is 5.92 Å². The van der Waals surface area contributed by atoms with Crippen LogP contribution in [0.25, 0.3) is 0 Å². The number of carbonyl (C=O) groups is 2. The topological polar surface area (TPSA) is 93.2 Å². The highest BCUT2D eigenvalue weighted by atomic mass is 32.2. The minimum Gasteiger partial charge on any atom is -0.363 e. The predicted octanol–water partition coefficient (Wildman–Crippen LogP) is -0.0189. The molecule has 0 aromatic rings. The zero-order chi connectivity index (χ0) is 18.0. The van der Waals surface area contributed by atoms with Crippen LogP contribution in [-0.2, 0) is 29.0 Å². The summed E-state index contributed by atoms with van der Waals surface area (Å²) in [6, 6.07) is 0. The summed E-state index contributed by atoms with van der Waals surface area (Å²) in [5, 5.41) is 1.42. The molecule has 0 bridgehead atoms. The van der Waals surface area contributed by atoms with Crippen molar-refractivity contribution in [2.24, 2.45) is 5.92 Å². The molecule has 3 fully saturated rings. The highest BCUT2D eigenvalue weighted by Gasteiger charge is 2.44. The monoisotopic (exact) mass is 374 g/mol. The van der Waals surface area contributed by atoms with Gasteiger partial charge in [-0.1, -0.05) is 0 Å². The maximum Gasteiger partial charge on any atom is 0.275 e. The Labute approximate surface area is 148 Å². The van der Waals surface area contributed by atoms with Crippen molar-refractivity contribution in [1.29, 1.82) is 0 Å². The van der Waals surface area contributed by atoms with Crippen LogP contribution in [0.15, 0.2) is 0 Å². The average Bonchev–Trinajstić information content (AvgIpc) is 3.02. The van der Waals surface area contributed by atoms with Crippen molar-refractivity contribution in [3.05, 3.63) is 0 Å². The summed E-state index contributed by atoms with van der Waals surface area (Å²) in [7, 11) is -3.15. The molecule has 25 heavy (non-hydrogen) atoms. The lowest BCUT2D eigenvalue weighted by Crippen LogP contribution is -2.46. The van der Waals surface area contributed by atoms with Gasteiger partial charge in [-0.05, 0) is 31.6 Å². The Morgan fingerprint density at radius 2 is 2.00 bits per heavy atom. The molecule has 142 valence electrons. The number of amides is 2. The van der Waals surface area contributed by atoms with E-state index in [0.29, 0.717) is 32.7 Å². The van der Waals surface area contributed by atoms with Gasteiger partial charge >= 0.3 is 0 Å². The number of ether oxygens (including phenoxy) is 1. The Morgan fingerprint density at radius 3 is 2.68 bits per heavy atom. The second kappa shape index (κ2) is 7.59. The van der Waals surface area contributed by atoms with Gasteiger partial charge in [-0.3, -0.25) is 14.4 Å². The van der Waals surface area contributed by atoms with E-state index in [1.165, 1.54) is 5.06 Å². The number of sulfone groups is 1. The van der Waals surface area contributed by atoms with Gasteiger partial charge in [-0.15, -0.1) is 0 Å². The van der Waals surface area contributed by atoms with E-state index in [9.17, 15) is 18.0 Å². The van der Waals surface area contributed by atoms with Crippen molar-refractivity contribution < 1.29 is 27.6 Å². The molecular weight excluding hydrogens is 348 g/mol. The van der Waals surface area contributed by atoms with Gasteiger partial charge in [0.05, 0.1) is 18.5 Å². The van der Waals surface area contributed by atoms with Gasteiger partial charge in [-0.2, -0.15) is 0 Å². The second-order valence-corrected chi connectivity index (χ2v) is 9.41. The molecule has 0 unspecified atom stereocenters. The lowest BCUT2D eigenvalue weighted by atomic mass is 9.91. The number of hydroxylamine groups is 2. The van der Waals surface area contributed by atoms with Crippen molar-refractivity contribution >= 4 is 21.7 Å². The van der Waals surface area contributed by atoms with Gasteiger partial charge in [0, 0.05) is 32.3 Å². The molecule has 3 aliphatic rings. The zero-order valence-corrected chi connectivity index (χ0v) is 15.4. The third kappa shape index (κ3) is 4.71. The first-order chi connectivity index (χ1) is 11.8. The van der Waals surface area contributed by atoms with Crippen molar-refractivity contribution in [2.75, 3.05) is 38.2 Å². The van der Waals surface area contributed by atoms with Gasteiger partial charge < -0.3 is 9.64 Å². The Bertz CT molecular complexity index is 616. The Hall–Kier alpha value is -1.19. The maximum absolute atomic E-state index is 12.5. The van der Waals surface area contributed by atoms with Crippen molar-refractivity contribution in [3.8, 4) is 0 Å². The molecule has 3 aliphatic heterocycles. The molecule has 3 heterocycles. The zero-order valence-electron chi connectivity index (χ0n) is 14.6. The molecule has 8 nitrogen and oxygen atoms in total. The molecule has 0 aromatic heterocycles. The molecular formula is C16H26N2O6S. The highest BCUT2D eigenvalue weighted by Crippen LogP contribution is 2.34. The fraction of sp³-hybridized carbons (Fsp3) is 0.875. The van der Waals surface area contributed by atoms with E-state index in [0.717, 1.165) is 25.5 Å². The van der Waals surface area contributed by atoms with Crippen LogP contribution in [0.1, 0.15) is 32.1 Å². The Balaban J connectivity index is 1.52.